The number of amides is 1. The zero-order chi connectivity index (χ0) is 21.0. The summed E-state index contributed by atoms with van der Waals surface area (Å²) in [6.07, 6.45) is 0.0745. The van der Waals surface area contributed by atoms with Gasteiger partial charge in [-0.1, -0.05) is 24.3 Å². The normalized spacial score (nSPS) is 16.8. The molecule has 3 rings (SSSR count). The average molecular weight is 397 g/mol. The smallest absolute Gasteiger partial charge is 0.336 e. The van der Waals surface area contributed by atoms with Crippen LogP contribution in [0.25, 0.3) is 0 Å². The molecule has 0 N–H and O–H groups in total. The van der Waals surface area contributed by atoms with Crippen LogP contribution in [-0.2, 0) is 20.9 Å². The number of rotatable bonds is 6. The highest BCUT2D eigenvalue weighted by atomic mass is 19.1. The van der Waals surface area contributed by atoms with Gasteiger partial charge in [-0.15, -0.1) is 0 Å². The van der Waals surface area contributed by atoms with E-state index < -0.39 is 17.7 Å². The van der Waals surface area contributed by atoms with Crippen molar-refractivity contribution in [1.29, 1.82) is 0 Å². The maximum absolute atomic E-state index is 13.8. The number of hydrogen-bond donors (Lipinski definition) is 0. The highest BCUT2D eigenvalue weighted by molar-refractivity contribution is 5.95. The SMILES string of the molecule is CCOC(=O)C1=C(C)N(Cc2ccc(OC)cc2)C(=O)CC1c1cccc(F)c1. The number of carbonyl (C=O) groups excluding carboxylic acids is 2. The molecule has 0 spiro atoms. The molecule has 1 aliphatic rings. The predicted octanol–water partition coefficient (Wildman–Crippen LogP) is 4.19. The van der Waals surface area contributed by atoms with Crippen molar-refractivity contribution in [2.24, 2.45) is 0 Å². The van der Waals surface area contributed by atoms with Gasteiger partial charge in [0.25, 0.3) is 0 Å². The third-order valence-electron chi connectivity index (χ3n) is 5.07. The molecule has 0 aliphatic carbocycles. The third kappa shape index (κ3) is 4.47. The maximum atomic E-state index is 13.8. The fourth-order valence-corrected chi connectivity index (χ4v) is 3.60. The molecule has 0 fully saturated rings. The lowest BCUT2D eigenvalue weighted by atomic mass is 9.83. The van der Waals surface area contributed by atoms with Crippen LogP contribution < -0.4 is 4.74 Å². The summed E-state index contributed by atoms with van der Waals surface area (Å²) in [5, 5.41) is 0. The first-order chi connectivity index (χ1) is 13.9. The van der Waals surface area contributed by atoms with Crippen LogP contribution in [0.4, 0.5) is 4.39 Å². The van der Waals surface area contributed by atoms with Gasteiger partial charge >= 0.3 is 5.97 Å². The van der Waals surface area contributed by atoms with Crippen molar-refractivity contribution in [1.82, 2.24) is 4.90 Å². The Hall–Kier alpha value is -3.15. The van der Waals surface area contributed by atoms with Crippen molar-refractivity contribution in [3.8, 4) is 5.75 Å². The highest BCUT2D eigenvalue weighted by Crippen LogP contribution is 2.38. The largest absolute Gasteiger partial charge is 0.497 e. The lowest BCUT2D eigenvalue weighted by Gasteiger charge is -2.34. The Labute approximate surface area is 169 Å². The third-order valence-corrected chi connectivity index (χ3v) is 5.07. The van der Waals surface area contributed by atoms with Crippen molar-refractivity contribution >= 4 is 11.9 Å². The summed E-state index contributed by atoms with van der Waals surface area (Å²) in [6.45, 7) is 4.01. The van der Waals surface area contributed by atoms with Crippen LogP contribution in [0.2, 0.25) is 0 Å². The number of ether oxygens (including phenoxy) is 2. The monoisotopic (exact) mass is 397 g/mol. The summed E-state index contributed by atoms with van der Waals surface area (Å²) in [6, 6.07) is 13.4. The topological polar surface area (TPSA) is 55.8 Å². The molecule has 0 radical (unpaired) electrons. The zero-order valence-electron chi connectivity index (χ0n) is 16.8. The number of carbonyl (C=O) groups is 2. The molecule has 29 heavy (non-hydrogen) atoms. The summed E-state index contributed by atoms with van der Waals surface area (Å²) in [5.41, 5.74) is 2.42. The molecule has 1 aliphatic heterocycles. The van der Waals surface area contributed by atoms with Gasteiger partial charge in [0.2, 0.25) is 5.91 Å². The van der Waals surface area contributed by atoms with Gasteiger partial charge in [0.05, 0.1) is 25.8 Å². The minimum Gasteiger partial charge on any atom is -0.497 e. The van der Waals surface area contributed by atoms with Crippen molar-refractivity contribution < 1.29 is 23.5 Å². The van der Waals surface area contributed by atoms with Gasteiger partial charge in [-0.3, -0.25) is 4.79 Å². The second-order valence-electron chi connectivity index (χ2n) is 6.86. The molecular formula is C23H24FNO4. The molecular weight excluding hydrogens is 373 g/mol. The summed E-state index contributed by atoms with van der Waals surface area (Å²) in [5.74, 6) is -0.822. The van der Waals surface area contributed by atoms with Gasteiger partial charge < -0.3 is 14.4 Å². The summed E-state index contributed by atoms with van der Waals surface area (Å²) < 4.78 is 24.2. The first-order valence-electron chi connectivity index (χ1n) is 9.51. The molecule has 0 aromatic heterocycles. The molecule has 6 heteroatoms. The molecule has 2 aromatic rings. The van der Waals surface area contributed by atoms with Crippen LogP contribution in [0.5, 0.6) is 5.75 Å². The Morgan fingerprint density at radius 1 is 1.21 bits per heavy atom. The number of esters is 1. The van der Waals surface area contributed by atoms with Crippen molar-refractivity contribution in [3.05, 3.63) is 76.7 Å². The lowest BCUT2D eigenvalue weighted by Crippen LogP contribution is -2.38. The Balaban J connectivity index is 1.99. The van der Waals surface area contributed by atoms with E-state index in [9.17, 15) is 14.0 Å². The van der Waals surface area contributed by atoms with Crippen LogP contribution in [-0.4, -0.2) is 30.5 Å². The van der Waals surface area contributed by atoms with Crippen LogP contribution in [0.15, 0.2) is 59.8 Å². The molecule has 2 aromatic carbocycles. The van der Waals surface area contributed by atoms with E-state index in [1.54, 1.807) is 38.0 Å². The van der Waals surface area contributed by atoms with Crippen molar-refractivity contribution in [3.63, 3.8) is 0 Å². The van der Waals surface area contributed by atoms with Gasteiger partial charge in [0, 0.05) is 18.0 Å². The molecule has 0 bridgehead atoms. The summed E-state index contributed by atoms with van der Waals surface area (Å²) >= 11 is 0. The van der Waals surface area contributed by atoms with E-state index in [1.807, 2.05) is 24.3 Å². The number of nitrogens with zero attached hydrogens (tertiary/aromatic N) is 1. The summed E-state index contributed by atoms with van der Waals surface area (Å²) in [4.78, 5) is 27.3. The minimum absolute atomic E-state index is 0.0745. The van der Waals surface area contributed by atoms with E-state index in [2.05, 4.69) is 0 Å². The second-order valence-corrected chi connectivity index (χ2v) is 6.86. The van der Waals surface area contributed by atoms with E-state index in [0.29, 0.717) is 23.4 Å². The van der Waals surface area contributed by atoms with E-state index in [1.165, 1.54) is 12.1 Å². The quantitative estimate of drug-likeness (QED) is 0.686. The predicted molar refractivity (Wildman–Crippen MR) is 107 cm³/mol. The summed E-state index contributed by atoms with van der Waals surface area (Å²) in [7, 11) is 1.59. The Morgan fingerprint density at radius 3 is 2.55 bits per heavy atom. The van der Waals surface area contributed by atoms with Crippen LogP contribution in [0, 0.1) is 5.82 Å². The Kier molecular flexibility index (Phi) is 6.32. The van der Waals surface area contributed by atoms with Crippen LogP contribution in [0.1, 0.15) is 37.3 Å². The fourth-order valence-electron chi connectivity index (χ4n) is 3.60. The molecule has 1 unspecified atom stereocenters. The second kappa shape index (κ2) is 8.90. The molecule has 1 atom stereocenters. The maximum Gasteiger partial charge on any atom is 0.336 e. The molecule has 1 heterocycles. The standard InChI is InChI=1S/C23H24FNO4/c1-4-29-23(27)22-15(2)25(14-16-8-10-19(28-3)11-9-16)21(26)13-20(22)17-6-5-7-18(24)12-17/h5-12,20H,4,13-14H2,1-3H3. The van der Waals surface area contributed by atoms with E-state index in [0.717, 1.165) is 11.3 Å². The number of allylic oxidation sites excluding steroid dienone is 1. The van der Waals surface area contributed by atoms with Gasteiger partial charge in [-0.05, 0) is 49.2 Å². The van der Waals surface area contributed by atoms with E-state index in [-0.39, 0.29) is 18.9 Å². The number of halogens is 1. The Morgan fingerprint density at radius 2 is 1.93 bits per heavy atom. The first-order valence-corrected chi connectivity index (χ1v) is 9.51. The van der Waals surface area contributed by atoms with Gasteiger partial charge in [0.15, 0.2) is 0 Å². The van der Waals surface area contributed by atoms with E-state index >= 15 is 0 Å². The molecule has 1 amide bonds. The number of methoxy groups -OCH3 is 1. The van der Waals surface area contributed by atoms with Crippen molar-refractivity contribution in [2.45, 2.75) is 32.7 Å². The zero-order valence-corrected chi connectivity index (χ0v) is 16.8. The molecule has 0 saturated heterocycles. The lowest BCUT2D eigenvalue weighted by molar-refractivity contribution is -0.140. The highest BCUT2D eigenvalue weighted by Gasteiger charge is 2.37. The van der Waals surface area contributed by atoms with Crippen molar-refractivity contribution in [2.75, 3.05) is 13.7 Å². The van der Waals surface area contributed by atoms with Gasteiger partial charge in [-0.2, -0.15) is 0 Å². The fraction of sp³-hybridized carbons (Fsp3) is 0.304. The van der Waals surface area contributed by atoms with E-state index in [4.69, 9.17) is 9.47 Å². The minimum atomic E-state index is -0.538. The van der Waals surface area contributed by atoms with Crippen LogP contribution in [0.3, 0.4) is 0 Å². The molecule has 152 valence electrons. The van der Waals surface area contributed by atoms with Gasteiger partial charge in [-0.25, -0.2) is 9.18 Å². The van der Waals surface area contributed by atoms with Gasteiger partial charge in [0.1, 0.15) is 11.6 Å². The molecule has 5 nitrogen and oxygen atoms in total. The average Bonchev–Trinajstić information content (AvgIpc) is 2.71. The Bertz CT molecular complexity index is 936. The number of hydrogen-bond acceptors (Lipinski definition) is 4. The van der Waals surface area contributed by atoms with Crippen LogP contribution >= 0.6 is 0 Å². The first kappa shape index (κ1) is 20.6. The molecule has 0 saturated carbocycles. The number of benzene rings is 2.